The van der Waals surface area contributed by atoms with Gasteiger partial charge in [0.05, 0.1) is 17.4 Å². The zero-order chi connectivity index (χ0) is 32.6. The van der Waals surface area contributed by atoms with Gasteiger partial charge in [0.2, 0.25) is 0 Å². The molecule has 5 rings (SSSR count). The van der Waals surface area contributed by atoms with Gasteiger partial charge in [0, 0.05) is 41.0 Å². The Labute approximate surface area is 271 Å². The highest BCUT2D eigenvalue weighted by Gasteiger charge is 2.61. The average molecular weight is 625 g/mol. The first-order valence-corrected chi connectivity index (χ1v) is 16.5. The molecule has 2 aromatic heterocycles. The molecule has 0 N–H and O–H groups in total. The van der Waals surface area contributed by atoms with E-state index in [1.807, 2.05) is 80.7 Å². The molecule has 0 radical (unpaired) electrons. The van der Waals surface area contributed by atoms with E-state index >= 15 is 0 Å². The molecule has 236 valence electrons. The van der Waals surface area contributed by atoms with Crippen LogP contribution in [0.2, 0.25) is 0 Å². The Morgan fingerprint density at radius 2 is 1.67 bits per heavy atom. The molecule has 1 saturated heterocycles. The summed E-state index contributed by atoms with van der Waals surface area (Å²) >= 11 is 1.53. The smallest absolute Gasteiger partial charge is 0.332 e. The minimum atomic E-state index is -1.26. The van der Waals surface area contributed by atoms with Crippen LogP contribution in [-0.4, -0.2) is 42.9 Å². The normalized spacial score (nSPS) is 20.4. The molecular formula is C37H44N4O3S. The third-order valence-electron chi connectivity index (χ3n) is 8.23. The van der Waals surface area contributed by atoms with Crippen LogP contribution in [0.1, 0.15) is 108 Å². The van der Waals surface area contributed by atoms with Gasteiger partial charge >= 0.3 is 5.97 Å². The van der Waals surface area contributed by atoms with E-state index in [1.165, 1.54) is 11.3 Å². The zero-order valence-corrected chi connectivity index (χ0v) is 28.4. The predicted molar refractivity (Wildman–Crippen MR) is 179 cm³/mol. The van der Waals surface area contributed by atoms with Gasteiger partial charge in [-0.15, -0.1) is 11.3 Å². The van der Waals surface area contributed by atoms with Crippen molar-refractivity contribution in [2.24, 2.45) is 5.92 Å². The summed E-state index contributed by atoms with van der Waals surface area (Å²) in [5, 5.41) is 2.86. The highest BCUT2D eigenvalue weighted by atomic mass is 32.1. The Morgan fingerprint density at radius 3 is 2.24 bits per heavy atom. The first kappa shape index (κ1) is 32.5. The Hall–Kier alpha value is -3.91. The minimum Gasteiger partial charge on any atom is -0.458 e. The molecule has 0 unspecified atom stereocenters. The maximum atomic E-state index is 15.0. The lowest BCUT2D eigenvalue weighted by Crippen LogP contribution is -2.56. The van der Waals surface area contributed by atoms with E-state index in [1.54, 1.807) is 23.5 Å². The maximum Gasteiger partial charge on any atom is 0.332 e. The zero-order valence-electron chi connectivity index (χ0n) is 27.6. The fourth-order valence-electron chi connectivity index (χ4n) is 6.33. The van der Waals surface area contributed by atoms with Gasteiger partial charge in [-0.1, -0.05) is 77.1 Å². The van der Waals surface area contributed by atoms with Crippen LogP contribution in [0.5, 0.6) is 0 Å². The number of esters is 1. The monoisotopic (exact) mass is 624 g/mol. The molecule has 0 spiro atoms. The molecule has 3 atom stereocenters. The van der Waals surface area contributed by atoms with Crippen LogP contribution < -0.4 is 0 Å². The van der Waals surface area contributed by atoms with Gasteiger partial charge in [-0.2, -0.15) is 0 Å². The molecule has 7 nitrogen and oxygen atoms in total. The summed E-state index contributed by atoms with van der Waals surface area (Å²) in [5.41, 5.74) is 2.01. The number of carbonyl (C=O) groups excluding carboxylic acids is 2. The molecule has 0 saturated carbocycles. The van der Waals surface area contributed by atoms with Crippen LogP contribution >= 0.6 is 11.3 Å². The van der Waals surface area contributed by atoms with Gasteiger partial charge in [-0.25, -0.2) is 9.78 Å². The van der Waals surface area contributed by atoms with Crippen LogP contribution in [0, 0.1) is 5.92 Å². The van der Waals surface area contributed by atoms with E-state index in [0.717, 1.165) is 21.8 Å². The molecule has 45 heavy (non-hydrogen) atoms. The quantitative estimate of drug-likeness (QED) is 0.192. The van der Waals surface area contributed by atoms with Crippen molar-refractivity contribution in [3.05, 3.63) is 101 Å². The molecule has 1 fully saturated rings. The van der Waals surface area contributed by atoms with Crippen LogP contribution in [0.3, 0.4) is 0 Å². The van der Waals surface area contributed by atoms with Crippen molar-refractivity contribution in [3.63, 3.8) is 0 Å². The van der Waals surface area contributed by atoms with Gasteiger partial charge in [-0.3, -0.25) is 14.8 Å². The highest BCUT2D eigenvalue weighted by Crippen LogP contribution is 2.55. The lowest BCUT2D eigenvalue weighted by molar-refractivity contribution is -0.168. The van der Waals surface area contributed by atoms with Gasteiger partial charge in [0.15, 0.2) is 0 Å². The third-order valence-corrected chi connectivity index (χ3v) is 9.14. The van der Waals surface area contributed by atoms with Crippen molar-refractivity contribution < 1.29 is 14.3 Å². The van der Waals surface area contributed by atoms with E-state index in [9.17, 15) is 9.59 Å². The third kappa shape index (κ3) is 6.86. The summed E-state index contributed by atoms with van der Waals surface area (Å²) in [7, 11) is 0. The standard InChI is InChI=1S/C37H44N4O3S/c1-24(2)20-37(34(43)44-36(6,7)8)21-28(29-22-38-18-19-39-29)31(30-23-45-32(40-30)25-12-10-9-11-13-25)41(37)33(42)26-14-16-27(17-15-26)35(3,4)5/h9-19,22-24,28,31H,20-21H2,1-8H3/t28-,31-,37+/m1/s1. The number of likely N-dealkylation sites (tertiary alicyclic amines) is 1. The second kappa shape index (κ2) is 12.5. The molecule has 0 bridgehead atoms. The van der Waals surface area contributed by atoms with Gasteiger partial charge in [0.1, 0.15) is 16.1 Å². The Kier molecular flexibility index (Phi) is 9.00. The van der Waals surface area contributed by atoms with E-state index in [0.29, 0.717) is 24.1 Å². The van der Waals surface area contributed by atoms with E-state index < -0.39 is 23.2 Å². The first-order chi connectivity index (χ1) is 21.2. The molecule has 3 heterocycles. The highest BCUT2D eigenvalue weighted by molar-refractivity contribution is 7.13. The van der Waals surface area contributed by atoms with Crippen LogP contribution in [-0.2, 0) is 14.9 Å². The SMILES string of the molecule is CC(C)C[C@@]1(C(=O)OC(C)(C)C)C[C@H](c2cnccn2)[C@H](c2csc(-c3ccccc3)n2)N1C(=O)c1ccc(C(C)(C)C)cc1. The molecular weight excluding hydrogens is 580 g/mol. The molecule has 0 aliphatic carbocycles. The fourth-order valence-corrected chi connectivity index (χ4v) is 7.18. The Morgan fingerprint density at radius 1 is 0.978 bits per heavy atom. The number of carbonyl (C=O) groups is 2. The van der Waals surface area contributed by atoms with Crippen molar-refractivity contribution >= 4 is 23.2 Å². The molecule has 4 aromatic rings. The number of nitrogens with zero attached hydrogens (tertiary/aromatic N) is 4. The fraction of sp³-hybridized carbons (Fsp3) is 0.432. The molecule has 2 aromatic carbocycles. The topological polar surface area (TPSA) is 85.3 Å². The number of hydrogen-bond acceptors (Lipinski definition) is 7. The van der Waals surface area contributed by atoms with E-state index in [2.05, 4.69) is 39.6 Å². The molecule has 8 heteroatoms. The van der Waals surface area contributed by atoms with Crippen molar-refractivity contribution in [2.75, 3.05) is 0 Å². The van der Waals surface area contributed by atoms with Crippen molar-refractivity contribution in [1.29, 1.82) is 0 Å². The summed E-state index contributed by atoms with van der Waals surface area (Å²) < 4.78 is 6.16. The molecule has 1 aliphatic rings. The van der Waals surface area contributed by atoms with E-state index in [4.69, 9.17) is 14.7 Å². The molecule has 1 amide bonds. The first-order valence-electron chi connectivity index (χ1n) is 15.6. The van der Waals surface area contributed by atoms with Crippen LogP contribution in [0.4, 0.5) is 0 Å². The number of hydrogen-bond donors (Lipinski definition) is 0. The summed E-state index contributed by atoms with van der Waals surface area (Å²) in [4.78, 5) is 45.5. The van der Waals surface area contributed by atoms with Gasteiger partial charge < -0.3 is 9.64 Å². The van der Waals surface area contributed by atoms with Crippen molar-refractivity contribution in [2.45, 2.75) is 96.7 Å². The average Bonchev–Trinajstić information content (AvgIpc) is 3.60. The summed E-state index contributed by atoms with van der Waals surface area (Å²) in [5.74, 6) is -0.882. The van der Waals surface area contributed by atoms with Gasteiger partial charge in [-0.05, 0) is 62.6 Å². The summed E-state index contributed by atoms with van der Waals surface area (Å²) in [6, 6.07) is 17.2. The Balaban J connectivity index is 1.73. The summed E-state index contributed by atoms with van der Waals surface area (Å²) in [6.07, 6.45) is 5.81. The predicted octanol–water partition coefficient (Wildman–Crippen LogP) is 8.40. The van der Waals surface area contributed by atoms with Gasteiger partial charge in [0.25, 0.3) is 5.91 Å². The number of amides is 1. The van der Waals surface area contributed by atoms with E-state index in [-0.39, 0.29) is 23.2 Å². The molecule has 1 aliphatic heterocycles. The lowest BCUT2D eigenvalue weighted by Gasteiger charge is -2.41. The second-order valence-corrected chi connectivity index (χ2v) is 15.3. The van der Waals surface area contributed by atoms with Crippen molar-refractivity contribution in [1.82, 2.24) is 19.9 Å². The largest absolute Gasteiger partial charge is 0.458 e. The minimum absolute atomic E-state index is 0.0683. The summed E-state index contributed by atoms with van der Waals surface area (Å²) in [6.45, 7) is 16.2. The lowest BCUT2D eigenvalue weighted by atomic mass is 9.82. The number of aromatic nitrogens is 3. The number of rotatable bonds is 7. The van der Waals surface area contributed by atoms with Crippen LogP contribution in [0.15, 0.2) is 78.6 Å². The second-order valence-electron chi connectivity index (χ2n) is 14.5. The van der Waals surface area contributed by atoms with Crippen LogP contribution in [0.25, 0.3) is 10.6 Å². The van der Waals surface area contributed by atoms with Crippen molar-refractivity contribution in [3.8, 4) is 10.6 Å². The maximum absolute atomic E-state index is 15.0. The number of ether oxygens (including phenoxy) is 1. The number of benzene rings is 2. The number of thiazole rings is 1. The Bertz CT molecular complexity index is 1620.